The van der Waals surface area contributed by atoms with Gasteiger partial charge in [0, 0.05) is 19.0 Å². The number of rotatable bonds is 4. The number of aryl methyl sites for hydroxylation is 1. The molecule has 1 atom stereocenters. The summed E-state index contributed by atoms with van der Waals surface area (Å²) in [4.78, 5) is 14.5. The van der Waals surface area contributed by atoms with Gasteiger partial charge in [-0.2, -0.15) is 10.2 Å². The molecule has 1 aliphatic rings. The van der Waals surface area contributed by atoms with Gasteiger partial charge in [0.05, 0.1) is 25.0 Å². The number of hydrogen-bond acceptors (Lipinski definition) is 5. The van der Waals surface area contributed by atoms with Gasteiger partial charge in [-0.3, -0.25) is 9.48 Å². The smallest absolute Gasteiger partial charge is 0.292 e. The van der Waals surface area contributed by atoms with Crippen LogP contribution in [0.5, 0.6) is 0 Å². The third kappa shape index (κ3) is 3.05. The number of likely N-dealkylation sites (tertiary alicyclic amines) is 1. The molecule has 120 valence electrons. The second kappa shape index (κ2) is 6.18. The van der Waals surface area contributed by atoms with E-state index in [4.69, 9.17) is 0 Å². The van der Waals surface area contributed by atoms with Crippen LogP contribution >= 0.6 is 0 Å². The Kier molecular flexibility index (Phi) is 4.26. The Balaban J connectivity index is 1.70. The zero-order valence-electron chi connectivity index (χ0n) is 13.1. The summed E-state index contributed by atoms with van der Waals surface area (Å²) in [7, 11) is 1.62. The fourth-order valence-electron chi connectivity index (χ4n) is 3.02. The monoisotopic (exact) mass is 305 g/mol. The number of hydrogen-bond donors (Lipinski definition) is 1. The Hall–Kier alpha value is -1.73. The van der Waals surface area contributed by atoms with Crippen LogP contribution in [0.4, 0.5) is 0 Å². The molecule has 2 aromatic rings. The van der Waals surface area contributed by atoms with Crippen molar-refractivity contribution in [1.29, 1.82) is 0 Å². The van der Waals surface area contributed by atoms with Crippen LogP contribution in [0.15, 0.2) is 17.2 Å². The quantitative estimate of drug-likeness (QED) is 0.874. The van der Waals surface area contributed by atoms with Gasteiger partial charge in [-0.05, 0) is 31.8 Å². The van der Waals surface area contributed by atoms with Crippen LogP contribution in [0.1, 0.15) is 19.8 Å². The number of fused-ring (bicyclic) bond motifs is 1. The molecule has 0 amide bonds. The molecule has 0 bridgehead atoms. The Morgan fingerprint density at radius 1 is 1.27 bits per heavy atom. The van der Waals surface area contributed by atoms with Gasteiger partial charge in [-0.25, -0.2) is 4.68 Å². The molecule has 7 heteroatoms. The summed E-state index contributed by atoms with van der Waals surface area (Å²) in [5.41, 5.74) is 0.317. The van der Waals surface area contributed by atoms with Crippen molar-refractivity contribution < 1.29 is 5.11 Å². The van der Waals surface area contributed by atoms with Gasteiger partial charge in [-0.1, -0.05) is 6.92 Å². The molecule has 0 aliphatic carbocycles. The molecule has 0 spiro atoms. The lowest BCUT2D eigenvalue weighted by Crippen LogP contribution is -2.40. The second-order valence-corrected chi connectivity index (χ2v) is 6.34. The maximum atomic E-state index is 12.2. The van der Waals surface area contributed by atoms with E-state index in [1.807, 2.05) is 0 Å². The Bertz CT molecular complexity index is 700. The SMILES string of the molecule is CC1CCN(CC(O)Cn2ncc3cnn(C)c(=O)c32)CC1. The summed E-state index contributed by atoms with van der Waals surface area (Å²) in [6.07, 6.45) is 5.08. The van der Waals surface area contributed by atoms with Crippen molar-refractivity contribution in [3.63, 3.8) is 0 Å². The normalized spacial score (nSPS) is 18.9. The zero-order chi connectivity index (χ0) is 15.7. The summed E-state index contributed by atoms with van der Waals surface area (Å²) in [5.74, 6) is 0.777. The van der Waals surface area contributed by atoms with E-state index in [0.29, 0.717) is 24.0 Å². The second-order valence-electron chi connectivity index (χ2n) is 6.34. The van der Waals surface area contributed by atoms with E-state index in [-0.39, 0.29) is 5.56 Å². The molecule has 2 aromatic heterocycles. The van der Waals surface area contributed by atoms with E-state index >= 15 is 0 Å². The summed E-state index contributed by atoms with van der Waals surface area (Å²) in [5, 5.41) is 19.2. The lowest BCUT2D eigenvalue weighted by atomic mass is 9.99. The highest BCUT2D eigenvalue weighted by molar-refractivity contribution is 5.76. The molecule has 0 saturated carbocycles. The van der Waals surface area contributed by atoms with Crippen molar-refractivity contribution in [2.45, 2.75) is 32.4 Å². The number of β-amino-alcohol motifs (C(OH)–C–C–N with tert-alkyl or cyclic N) is 1. The first-order valence-corrected chi connectivity index (χ1v) is 7.83. The third-order valence-electron chi connectivity index (χ3n) is 4.46. The number of piperidine rings is 1. The van der Waals surface area contributed by atoms with Gasteiger partial charge < -0.3 is 10.0 Å². The van der Waals surface area contributed by atoms with Gasteiger partial charge in [0.25, 0.3) is 5.56 Å². The largest absolute Gasteiger partial charge is 0.390 e. The van der Waals surface area contributed by atoms with Crippen molar-refractivity contribution >= 4 is 10.9 Å². The van der Waals surface area contributed by atoms with Crippen LogP contribution in [-0.4, -0.2) is 55.3 Å². The molecular weight excluding hydrogens is 282 g/mol. The fourth-order valence-corrected chi connectivity index (χ4v) is 3.02. The number of aromatic nitrogens is 4. The summed E-state index contributed by atoms with van der Waals surface area (Å²) >= 11 is 0. The summed E-state index contributed by atoms with van der Waals surface area (Å²) in [6.45, 7) is 5.29. The molecule has 1 unspecified atom stereocenters. The first kappa shape index (κ1) is 15.2. The van der Waals surface area contributed by atoms with E-state index in [9.17, 15) is 9.90 Å². The van der Waals surface area contributed by atoms with E-state index in [2.05, 4.69) is 22.0 Å². The number of nitrogens with zero attached hydrogens (tertiary/aromatic N) is 5. The molecule has 0 aromatic carbocycles. The first-order valence-electron chi connectivity index (χ1n) is 7.83. The van der Waals surface area contributed by atoms with Crippen LogP contribution < -0.4 is 5.56 Å². The summed E-state index contributed by atoms with van der Waals surface area (Å²) in [6, 6.07) is 0. The molecule has 1 aliphatic heterocycles. The maximum absolute atomic E-state index is 12.2. The molecule has 7 nitrogen and oxygen atoms in total. The third-order valence-corrected chi connectivity index (χ3v) is 4.46. The molecule has 1 saturated heterocycles. The molecule has 1 fully saturated rings. The van der Waals surface area contributed by atoms with Crippen LogP contribution in [0.2, 0.25) is 0 Å². The lowest BCUT2D eigenvalue weighted by molar-refractivity contribution is 0.0785. The Morgan fingerprint density at radius 2 is 1.95 bits per heavy atom. The van der Waals surface area contributed by atoms with E-state index in [1.165, 1.54) is 17.5 Å². The van der Waals surface area contributed by atoms with Gasteiger partial charge >= 0.3 is 0 Å². The van der Waals surface area contributed by atoms with E-state index in [0.717, 1.165) is 19.0 Å². The molecule has 1 N–H and O–H groups in total. The molecule has 3 heterocycles. The molecule has 3 rings (SSSR count). The van der Waals surface area contributed by atoms with Crippen LogP contribution in [0.3, 0.4) is 0 Å². The molecular formula is C15H23N5O2. The number of aliphatic hydroxyl groups is 1. The van der Waals surface area contributed by atoms with Crippen molar-refractivity contribution in [3.05, 3.63) is 22.7 Å². The predicted molar refractivity (Wildman–Crippen MR) is 83.6 cm³/mol. The Labute approximate surface area is 129 Å². The lowest BCUT2D eigenvalue weighted by Gasteiger charge is -2.31. The van der Waals surface area contributed by atoms with Crippen molar-refractivity contribution in [2.24, 2.45) is 13.0 Å². The minimum Gasteiger partial charge on any atom is -0.390 e. The predicted octanol–water partition coefficient (Wildman–Crippen LogP) is 0.223. The summed E-state index contributed by atoms with van der Waals surface area (Å²) < 4.78 is 2.88. The highest BCUT2D eigenvalue weighted by Crippen LogP contribution is 2.16. The maximum Gasteiger partial charge on any atom is 0.292 e. The topological polar surface area (TPSA) is 76.2 Å². The van der Waals surface area contributed by atoms with Gasteiger partial charge in [0.1, 0.15) is 5.52 Å². The number of aliphatic hydroxyl groups excluding tert-OH is 1. The van der Waals surface area contributed by atoms with Crippen LogP contribution in [0.25, 0.3) is 10.9 Å². The van der Waals surface area contributed by atoms with Crippen LogP contribution in [0, 0.1) is 5.92 Å². The average molecular weight is 305 g/mol. The van der Waals surface area contributed by atoms with Crippen LogP contribution in [-0.2, 0) is 13.6 Å². The van der Waals surface area contributed by atoms with Gasteiger partial charge in [0.2, 0.25) is 0 Å². The average Bonchev–Trinajstić information content (AvgIpc) is 2.89. The fraction of sp³-hybridized carbons (Fsp3) is 0.667. The zero-order valence-corrected chi connectivity index (χ0v) is 13.1. The van der Waals surface area contributed by atoms with Crippen molar-refractivity contribution in [2.75, 3.05) is 19.6 Å². The first-order chi connectivity index (χ1) is 10.5. The van der Waals surface area contributed by atoms with E-state index < -0.39 is 6.10 Å². The highest BCUT2D eigenvalue weighted by Gasteiger charge is 2.19. The Morgan fingerprint density at radius 3 is 2.68 bits per heavy atom. The van der Waals surface area contributed by atoms with Crippen molar-refractivity contribution in [1.82, 2.24) is 24.5 Å². The minimum atomic E-state index is -0.533. The molecule has 22 heavy (non-hydrogen) atoms. The minimum absolute atomic E-state index is 0.186. The van der Waals surface area contributed by atoms with Gasteiger partial charge in [-0.15, -0.1) is 0 Å². The van der Waals surface area contributed by atoms with Gasteiger partial charge in [0.15, 0.2) is 0 Å². The van der Waals surface area contributed by atoms with E-state index in [1.54, 1.807) is 24.1 Å². The van der Waals surface area contributed by atoms with Crippen molar-refractivity contribution in [3.8, 4) is 0 Å². The molecule has 0 radical (unpaired) electrons. The standard InChI is InChI=1S/C15H23N5O2/c1-11-3-5-19(6-4-11)9-13(21)10-20-14-12(8-17-20)7-16-18(2)15(14)22/h7-8,11,13,21H,3-6,9-10H2,1-2H3. The highest BCUT2D eigenvalue weighted by atomic mass is 16.3.